The zero-order valence-corrected chi connectivity index (χ0v) is 16.2. The number of para-hydroxylation sites is 2. The second-order valence-electron chi connectivity index (χ2n) is 7.69. The first kappa shape index (κ1) is 17.7. The first-order chi connectivity index (χ1) is 14.3. The van der Waals surface area contributed by atoms with Crippen LogP contribution in [0.2, 0.25) is 0 Å². The average molecular weight is 385 g/mol. The Hall–Kier alpha value is -3.41. The molecule has 29 heavy (non-hydrogen) atoms. The number of benzene rings is 2. The summed E-state index contributed by atoms with van der Waals surface area (Å²) in [6.07, 6.45) is 5.99. The summed E-state index contributed by atoms with van der Waals surface area (Å²) in [5.41, 5.74) is 3.21. The smallest absolute Gasteiger partial charge is 0.227 e. The molecule has 1 fully saturated rings. The van der Waals surface area contributed by atoms with Crippen LogP contribution >= 0.6 is 0 Å². The molecule has 1 aliphatic rings. The van der Waals surface area contributed by atoms with Gasteiger partial charge in [0, 0.05) is 42.3 Å². The van der Waals surface area contributed by atoms with Crippen molar-refractivity contribution in [3.05, 3.63) is 78.5 Å². The highest BCUT2D eigenvalue weighted by Gasteiger charge is 2.28. The lowest BCUT2D eigenvalue weighted by atomic mass is 10.0. The molecule has 1 saturated heterocycles. The van der Waals surface area contributed by atoms with Gasteiger partial charge in [-0.25, -0.2) is 0 Å². The van der Waals surface area contributed by atoms with Gasteiger partial charge in [0.15, 0.2) is 0 Å². The van der Waals surface area contributed by atoms with Crippen LogP contribution in [0.5, 0.6) is 0 Å². The number of hydrogen-bond acceptors (Lipinski definition) is 3. The van der Waals surface area contributed by atoms with Crippen molar-refractivity contribution >= 4 is 16.8 Å². The van der Waals surface area contributed by atoms with Gasteiger partial charge >= 0.3 is 0 Å². The number of fused-ring (bicyclic) bond motifs is 1. The van der Waals surface area contributed by atoms with E-state index in [1.165, 1.54) is 0 Å². The minimum atomic E-state index is 0.196. The van der Waals surface area contributed by atoms with Crippen molar-refractivity contribution in [2.45, 2.75) is 19.3 Å². The number of aromatic nitrogens is 4. The highest BCUT2D eigenvalue weighted by molar-refractivity contribution is 5.89. The molecule has 0 saturated carbocycles. The number of aromatic amines is 1. The lowest BCUT2D eigenvalue weighted by Crippen LogP contribution is -2.30. The Bertz CT molecular complexity index is 1130. The number of amides is 1. The molecule has 2 aromatic heterocycles. The summed E-state index contributed by atoms with van der Waals surface area (Å²) in [4.78, 5) is 18.1. The Morgan fingerprint density at radius 3 is 2.83 bits per heavy atom. The van der Waals surface area contributed by atoms with Gasteiger partial charge < -0.3 is 9.88 Å². The van der Waals surface area contributed by atoms with Crippen LogP contribution in [0.15, 0.2) is 67.1 Å². The Morgan fingerprint density at radius 1 is 1.10 bits per heavy atom. The number of nitrogens with one attached hydrogen (secondary N) is 1. The Labute approximate surface area is 169 Å². The highest BCUT2D eigenvalue weighted by Crippen LogP contribution is 2.24. The third kappa shape index (κ3) is 3.53. The molecule has 1 amide bonds. The van der Waals surface area contributed by atoms with Crippen molar-refractivity contribution in [1.82, 2.24) is 24.6 Å². The van der Waals surface area contributed by atoms with Crippen molar-refractivity contribution in [2.24, 2.45) is 5.92 Å². The van der Waals surface area contributed by atoms with E-state index in [4.69, 9.17) is 0 Å². The van der Waals surface area contributed by atoms with Crippen molar-refractivity contribution in [3.63, 3.8) is 0 Å². The standard InChI is InChI=1S/C23H23N5O/c29-23(13-18-14-24-21-9-5-4-8-20(18)21)27-11-10-17(15-27)12-22-26-25-16-28(22)19-6-2-1-3-7-19/h1-9,14,16-17,24H,10-13,15H2. The van der Waals surface area contributed by atoms with Gasteiger partial charge in [0.25, 0.3) is 0 Å². The van der Waals surface area contributed by atoms with Gasteiger partial charge in [-0.2, -0.15) is 0 Å². The maximum Gasteiger partial charge on any atom is 0.227 e. The molecule has 1 atom stereocenters. The number of likely N-dealkylation sites (tertiary alicyclic amines) is 1. The molecule has 5 rings (SSSR count). The zero-order valence-electron chi connectivity index (χ0n) is 16.2. The Morgan fingerprint density at radius 2 is 1.93 bits per heavy atom. The number of H-pyrrole nitrogens is 1. The molecule has 0 bridgehead atoms. The van der Waals surface area contributed by atoms with Gasteiger partial charge in [0.2, 0.25) is 5.91 Å². The minimum Gasteiger partial charge on any atom is -0.361 e. The van der Waals surface area contributed by atoms with E-state index in [0.717, 1.165) is 53.9 Å². The largest absolute Gasteiger partial charge is 0.361 e. The summed E-state index contributed by atoms with van der Waals surface area (Å²) in [7, 11) is 0. The first-order valence-electron chi connectivity index (χ1n) is 10.0. The molecular weight excluding hydrogens is 362 g/mol. The molecule has 4 aromatic rings. The van der Waals surface area contributed by atoms with Gasteiger partial charge in [-0.05, 0) is 36.1 Å². The van der Waals surface area contributed by atoms with E-state index in [-0.39, 0.29) is 5.91 Å². The zero-order chi connectivity index (χ0) is 19.6. The number of nitrogens with zero attached hydrogens (tertiary/aromatic N) is 4. The fourth-order valence-electron chi connectivity index (χ4n) is 4.24. The van der Waals surface area contributed by atoms with Gasteiger partial charge in [0.1, 0.15) is 12.2 Å². The van der Waals surface area contributed by atoms with Crippen molar-refractivity contribution in [2.75, 3.05) is 13.1 Å². The predicted molar refractivity (Wildman–Crippen MR) is 112 cm³/mol. The molecular formula is C23H23N5O. The summed E-state index contributed by atoms with van der Waals surface area (Å²) in [6, 6.07) is 18.3. The van der Waals surface area contributed by atoms with Crippen LogP contribution in [-0.4, -0.2) is 43.6 Å². The van der Waals surface area contributed by atoms with Crippen molar-refractivity contribution in [3.8, 4) is 5.69 Å². The van der Waals surface area contributed by atoms with Crippen molar-refractivity contribution < 1.29 is 4.79 Å². The van der Waals surface area contributed by atoms with Crippen molar-refractivity contribution in [1.29, 1.82) is 0 Å². The summed E-state index contributed by atoms with van der Waals surface area (Å²) >= 11 is 0. The number of rotatable bonds is 5. The third-order valence-electron chi connectivity index (χ3n) is 5.78. The molecule has 0 spiro atoms. The Balaban J connectivity index is 1.24. The minimum absolute atomic E-state index is 0.196. The van der Waals surface area contributed by atoms with Gasteiger partial charge in [-0.1, -0.05) is 36.4 Å². The summed E-state index contributed by atoms with van der Waals surface area (Å²) in [5.74, 6) is 1.56. The van der Waals surface area contributed by atoms with E-state index >= 15 is 0 Å². The van der Waals surface area contributed by atoms with Crippen LogP contribution in [-0.2, 0) is 17.6 Å². The van der Waals surface area contributed by atoms with E-state index in [2.05, 4.69) is 33.4 Å². The van der Waals surface area contributed by atoms with Gasteiger partial charge in [-0.15, -0.1) is 10.2 Å². The topological polar surface area (TPSA) is 66.8 Å². The molecule has 1 aliphatic heterocycles. The van der Waals surface area contributed by atoms with E-state index < -0.39 is 0 Å². The second-order valence-corrected chi connectivity index (χ2v) is 7.69. The molecule has 146 valence electrons. The third-order valence-corrected chi connectivity index (χ3v) is 5.78. The molecule has 3 heterocycles. The van der Waals surface area contributed by atoms with E-state index in [1.54, 1.807) is 6.33 Å². The van der Waals surface area contributed by atoms with Crippen LogP contribution in [0.4, 0.5) is 0 Å². The Kier molecular flexibility index (Phi) is 4.60. The number of carbonyl (C=O) groups excluding carboxylic acids is 1. The van der Waals surface area contributed by atoms with E-state index in [1.807, 2.05) is 52.1 Å². The van der Waals surface area contributed by atoms with Crippen LogP contribution in [0.1, 0.15) is 17.8 Å². The van der Waals surface area contributed by atoms with Gasteiger partial charge in [-0.3, -0.25) is 9.36 Å². The summed E-state index contributed by atoms with van der Waals surface area (Å²) in [6.45, 7) is 1.59. The fraction of sp³-hybridized carbons (Fsp3) is 0.261. The summed E-state index contributed by atoms with van der Waals surface area (Å²) in [5, 5.41) is 9.56. The molecule has 1 N–H and O–H groups in total. The lowest BCUT2D eigenvalue weighted by Gasteiger charge is -2.16. The average Bonchev–Trinajstić information content (AvgIpc) is 3.50. The van der Waals surface area contributed by atoms with Crippen LogP contribution < -0.4 is 0 Å². The fourth-order valence-corrected chi connectivity index (χ4v) is 4.24. The quantitative estimate of drug-likeness (QED) is 0.573. The number of carbonyl (C=O) groups is 1. The van der Waals surface area contributed by atoms with Crippen LogP contribution in [0.25, 0.3) is 16.6 Å². The maximum atomic E-state index is 12.9. The normalized spacial score (nSPS) is 16.6. The summed E-state index contributed by atoms with van der Waals surface area (Å²) < 4.78 is 2.04. The molecule has 6 heteroatoms. The van der Waals surface area contributed by atoms with Gasteiger partial charge in [0.05, 0.1) is 6.42 Å². The molecule has 1 unspecified atom stereocenters. The molecule has 0 radical (unpaired) electrons. The first-order valence-corrected chi connectivity index (χ1v) is 10.0. The van der Waals surface area contributed by atoms with E-state index in [9.17, 15) is 4.79 Å². The SMILES string of the molecule is O=C(Cc1c[nH]c2ccccc12)N1CCC(Cc2nncn2-c2ccccc2)C1. The monoisotopic (exact) mass is 385 g/mol. The maximum absolute atomic E-state index is 12.9. The molecule has 6 nitrogen and oxygen atoms in total. The lowest BCUT2D eigenvalue weighted by molar-refractivity contribution is -0.129. The van der Waals surface area contributed by atoms with Crippen LogP contribution in [0.3, 0.4) is 0 Å². The highest BCUT2D eigenvalue weighted by atomic mass is 16.2. The van der Waals surface area contributed by atoms with Crippen LogP contribution in [0, 0.1) is 5.92 Å². The second kappa shape index (κ2) is 7.54. The van der Waals surface area contributed by atoms with E-state index in [0.29, 0.717) is 12.3 Å². The number of hydrogen-bond donors (Lipinski definition) is 1. The predicted octanol–water partition coefficient (Wildman–Crippen LogP) is 3.38. The molecule has 2 aromatic carbocycles. The molecule has 0 aliphatic carbocycles.